The minimum atomic E-state index is 0.456. The fraction of sp³-hybridized carbons (Fsp3) is 0.625. The van der Waals surface area contributed by atoms with E-state index < -0.39 is 0 Å². The fourth-order valence-electron chi connectivity index (χ4n) is 3.48. The molecule has 2 atom stereocenters. The van der Waals surface area contributed by atoms with Gasteiger partial charge in [0.05, 0.1) is 5.56 Å². The molecule has 3 rings (SSSR count). The number of pyridine rings is 1. The Morgan fingerprint density at radius 2 is 2.14 bits per heavy atom. The molecule has 1 fully saturated rings. The van der Waals surface area contributed by atoms with Crippen LogP contribution in [0.15, 0.2) is 6.07 Å². The number of anilines is 1. The number of thioether (sulfide) groups is 1. The minimum absolute atomic E-state index is 0.456. The summed E-state index contributed by atoms with van der Waals surface area (Å²) in [6.07, 6.45) is 10.6. The van der Waals surface area contributed by atoms with Crippen LogP contribution in [-0.4, -0.2) is 27.5 Å². The number of hydrogen-bond acceptors (Lipinski definition) is 4. The molecule has 2 aliphatic rings. The number of nitrogens with one attached hydrogen (secondary N) is 1. The van der Waals surface area contributed by atoms with Gasteiger partial charge in [-0.25, -0.2) is 4.98 Å². The number of nitrogens with zero attached hydrogens (tertiary/aromatic N) is 1. The first-order valence-electron chi connectivity index (χ1n) is 7.81. The Morgan fingerprint density at radius 3 is 2.90 bits per heavy atom. The first kappa shape index (κ1) is 15.1. The minimum Gasteiger partial charge on any atom is -0.389 e. The lowest BCUT2D eigenvalue weighted by Crippen LogP contribution is -2.28. The maximum absolute atomic E-state index is 5.94. The van der Waals surface area contributed by atoms with Gasteiger partial charge in [0.25, 0.3) is 0 Å². The van der Waals surface area contributed by atoms with Gasteiger partial charge in [0, 0.05) is 17.0 Å². The summed E-state index contributed by atoms with van der Waals surface area (Å²) in [6.45, 7) is 0. The first-order chi connectivity index (χ1) is 10.2. The Kier molecular flexibility index (Phi) is 4.69. The highest BCUT2D eigenvalue weighted by molar-refractivity contribution is 7.99. The van der Waals surface area contributed by atoms with E-state index in [-0.39, 0.29) is 0 Å². The van der Waals surface area contributed by atoms with Crippen molar-refractivity contribution < 1.29 is 0 Å². The van der Waals surface area contributed by atoms with Crippen molar-refractivity contribution in [1.82, 2.24) is 4.98 Å². The zero-order valence-electron chi connectivity index (χ0n) is 12.5. The Labute approximate surface area is 136 Å². The van der Waals surface area contributed by atoms with E-state index in [0.717, 1.165) is 24.2 Å². The van der Waals surface area contributed by atoms with Gasteiger partial charge in [-0.3, -0.25) is 0 Å². The Hall–Kier alpha value is -0.810. The summed E-state index contributed by atoms with van der Waals surface area (Å²) in [4.78, 5) is 5.33. The van der Waals surface area contributed by atoms with E-state index in [1.807, 2.05) is 11.8 Å². The molecule has 2 unspecified atom stereocenters. The van der Waals surface area contributed by atoms with Crippen molar-refractivity contribution in [3.63, 3.8) is 0 Å². The third-order valence-corrected chi connectivity index (χ3v) is 6.03. The number of rotatable bonds is 4. The lowest BCUT2D eigenvalue weighted by Gasteiger charge is -2.24. The van der Waals surface area contributed by atoms with E-state index in [4.69, 9.17) is 22.9 Å². The van der Waals surface area contributed by atoms with E-state index in [1.165, 1.54) is 43.4 Å². The quantitative estimate of drug-likeness (QED) is 0.834. The fourth-order valence-corrected chi connectivity index (χ4v) is 4.57. The van der Waals surface area contributed by atoms with Crippen LogP contribution in [-0.2, 0) is 12.8 Å². The molecule has 21 heavy (non-hydrogen) atoms. The van der Waals surface area contributed by atoms with E-state index in [0.29, 0.717) is 16.3 Å². The molecule has 1 aromatic rings. The molecule has 3 N–H and O–H groups in total. The molecule has 0 aromatic carbocycles. The van der Waals surface area contributed by atoms with E-state index in [1.54, 1.807) is 0 Å². The third kappa shape index (κ3) is 3.19. The number of thiocarbonyl (C=S) groups is 1. The SMILES string of the molecule is CSC1CCCC1Nc1nc2c(cc1C(N)=S)CCCC2. The summed E-state index contributed by atoms with van der Waals surface area (Å²) in [5.41, 5.74) is 9.44. The van der Waals surface area contributed by atoms with Crippen molar-refractivity contribution >= 4 is 34.8 Å². The zero-order valence-corrected chi connectivity index (χ0v) is 14.2. The highest BCUT2D eigenvalue weighted by Gasteiger charge is 2.28. The molecule has 1 heterocycles. The van der Waals surface area contributed by atoms with Crippen molar-refractivity contribution in [2.24, 2.45) is 5.73 Å². The van der Waals surface area contributed by atoms with Gasteiger partial charge in [0.1, 0.15) is 10.8 Å². The molecule has 1 aromatic heterocycles. The van der Waals surface area contributed by atoms with Gasteiger partial charge in [0.15, 0.2) is 0 Å². The molecule has 5 heteroatoms. The largest absolute Gasteiger partial charge is 0.389 e. The van der Waals surface area contributed by atoms with Gasteiger partial charge in [0.2, 0.25) is 0 Å². The van der Waals surface area contributed by atoms with Crippen molar-refractivity contribution in [3.8, 4) is 0 Å². The van der Waals surface area contributed by atoms with Crippen molar-refractivity contribution in [1.29, 1.82) is 0 Å². The van der Waals surface area contributed by atoms with Crippen molar-refractivity contribution in [2.45, 2.75) is 56.2 Å². The van der Waals surface area contributed by atoms with Gasteiger partial charge in [-0.05, 0) is 56.4 Å². The van der Waals surface area contributed by atoms with Gasteiger partial charge in [-0.2, -0.15) is 11.8 Å². The van der Waals surface area contributed by atoms with Crippen LogP contribution in [0.25, 0.3) is 0 Å². The normalized spacial score (nSPS) is 24.6. The number of aromatic nitrogens is 1. The maximum atomic E-state index is 5.94. The van der Waals surface area contributed by atoms with Crippen LogP contribution in [0.5, 0.6) is 0 Å². The van der Waals surface area contributed by atoms with Gasteiger partial charge in [-0.1, -0.05) is 18.6 Å². The topological polar surface area (TPSA) is 50.9 Å². The third-order valence-electron chi connectivity index (χ3n) is 4.64. The average molecular weight is 322 g/mol. The molecule has 114 valence electrons. The van der Waals surface area contributed by atoms with Crippen LogP contribution < -0.4 is 11.1 Å². The molecule has 3 nitrogen and oxygen atoms in total. The van der Waals surface area contributed by atoms with Crippen LogP contribution in [0.2, 0.25) is 0 Å². The summed E-state index contributed by atoms with van der Waals surface area (Å²) in [6, 6.07) is 2.66. The molecule has 1 saturated carbocycles. The van der Waals surface area contributed by atoms with Gasteiger partial charge in [-0.15, -0.1) is 0 Å². The molecule has 0 aliphatic heterocycles. The predicted molar refractivity (Wildman–Crippen MR) is 95.3 cm³/mol. The second kappa shape index (κ2) is 6.53. The Bertz CT molecular complexity index is 545. The summed E-state index contributed by atoms with van der Waals surface area (Å²) < 4.78 is 0. The number of fused-ring (bicyclic) bond motifs is 1. The Morgan fingerprint density at radius 1 is 1.33 bits per heavy atom. The number of aryl methyl sites for hydroxylation is 2. The lowest BCUT2D eigenvalue weighted by molar-refractivity contribution is 0.666. The van der Waals surface area contributed by atoms with Crippen LogP contribution in [0.3, 0.4) is 0 Å². The van der Waals surface area contributed by atoms with E-state index in [2.05, 4.69) is 17.6 Å². The maximum Gasteiger partial charge on any atom is 0.136 e. The van der Waals surface area contributed by atoms with E-state index in [9.17, 15) is 0 Å². The molecule has 2 aliphatic carbocycles. The lowest BCUT2D eigenvalue weighted by atomic mass is 9.94. The van der Waals surface area contributed by atoms with Crippen molar-refractivity contribution in [2.75, 3.05) is 11.6 Å². The molecule has 0 spiro atoms. The molecular weight excluding hydrogens is 298 g/mol. The molecular formula is C16H23N3S2. The molecule has 0 radical (unpaired) electrons. The highest BCUT2D eigenvalue weighted by atomic mass is 32.2. The summed E-state index contributed by atoms with van der Waals surface area (Å²) in [7, 11) is 0. The summed E-state index contributed by atoms with van der Waals surface area (Å²) in [5, 5.41) is 4.31. The van der Waals surface area contributed by atoms with Crippen LogP contribution >= 0.6 is 24.0 Å². The van der Waals surface area contributed by atoms with Crippen LogP contribution in [0.4, 0.5) is 5.82 Å². The second-order valence-corrected chi connectivity index (χ2v) is 7.53. The summed E-state index contributed by atoms with van der Waals surface area (Å²) in [5.74, 6) is 0.911. The number of hydrogen-bond donors (Lipinski definition) is 2. The molecule has 0 amide bonds. The first-order valence-corrected chi connectivity index (χ1v) is 9.50. The zero-order chi connectivity index (χ0) is 14.8. The summed E-state index contributed by atoms with van der Waals surface area (Å²) >= 11 is 7.19. The van der Waals surface area contributed by atoms with E-state index >= 15 is 0 Å². The molecule has 0 bridgehead atoms. The predicted octanol–water partition coefficient (Wildman–Crippen LogP) is 3.29. The average Bonchev–Trinajstić information content (AvgIpc) is 2.93. The van der Waals surface area contributed by atoms with Gasteiger partial charge < -0.3 is 11.1 Å². The standard InChI is InChI=1S/C16H23N3S2/c1-21-14-8-4-7-13(14)19-16-11(15(17)20)9-10-5-2-3-6-12(10)18-16/h9,13-14H,2-8H2,1H3,(H2,17,20)(H,18,19). The van der Waals surface area contributed by atoms with Gasteiger partial charge >= 0.3 is 0 Å². The Balaban J connectivity index is 1.90. The van der Waals surface area contributed by atoms with Crippen LogP contribution in [0.1, 0.15) is 48.9 Å². The number of nitrogens with two attached hydrogens (primary N) is 1. The van der Waals surface area contributed by atoms with Crippen molar-refractivity contribution in [3.05, 3.63) is 22.9 Å². The monoisotopic (exact) mass is 321 g/mol. The smallest absolute Gasteiger partial charge is 0.136 e. The highest BCUT2D eigenvalue weighted by Crippen LogP contribution is 2.32. The molecule has 0 saturated heterocycles. The van der Waals surface area contributed by atoms with Crippen LogP contribution in [0, 0.1) is 0 Å². The second-order valence-electron chi connectivity index (χ2n) is 6.02.